The first-order chi connectivity index (χ1) is 11.0. The first kappa shape index (κ1) is 14.4. The van der Waals surface area contributed by atoms with E-state index in [1.165, 1.54) is 12.3 Å². The largest absolute Gasteiger partial charge is 0.455 e. The summed E-state index contributed by atoms with van der Waals surface area (Å²) in [5, 5.41) is 17.9. The summed E-state index contributed by atoms with van der Waals surface area (Å²) in [4.78, 5) is 32.9. The van der Waals surface area contributed by atoms with Crippen molar-refractivity contribution in [1.29, 1.82) is 0 Å². The van der Waals surface area contributed by atoms with Gasteiger partial charge in [0.15, 0.2) is 0 Å². The van der Waals surface area contributed by atoms with Crippen LogP contribution in [0.25, 0.3) is 11.3 Å². The first-order valence-electron chi connectivity index (χ1n) is 6.53. The molecule has 1 aliphatic heterocycles. The fraction of sp³-hybridized carbons (Fsp3) is 0.0714. The van der Waals surface area contributed by atoms with Crippen molar-refractivity contribution in [3.8, 4) is 11.3 Å². The van der Waals surface area contributed by atoms with Crippen LogP contribution in [-0.4, -0.2) is 34.6 Å². The zero-order chi connectivity index (χ0) is 16.4. The summed E-state index contributed by atoms with van der Waals surface area (Å²) in [6.07, 6.45) is 1.26. The van der Waals surface area contributed by atoms with E-state index < -0.39 is 16.9 Å². The number of carbonyl (C=O) groups is 2. The van der Waals surface area contributed by atoms with E-state index in [-0.39, 0.29) is 12.2 Å². The van der Waals surface area contributed by atoms with Crippen LogP contribution in [0.4, 0.5) is 10.5 Å². The highest BCUT2D eigenvalue weighted by atomic mass is 16.6. The van der Waals surface area contributed by atoms with E-state index in [0.717, 1.165) is 5.01 Å². The third-order valence-electron chi connectivity index (χ3n) is 3.09. The van der Waals surface area contributed by atoms with Gasteiger partial charge in [0.05, 0.1) is 16.7 Å². The van der Waals surface area contributed by atoms with Gasteiger partial charge in [-0.3, -0.25) is 20.2 Å². The van der Waals surface area contributed by atoms with Crippen LogP contribution in [0.15, 0.2) is 45.9 Å². The number of rotatable bonds is 4. The van der Waals surface area contributed by atoms with Crippen molar-refractivity contribution in [2.24, 2.45) is 5.10 Å². The molecule has 0 saturated carbocycles. The quantitative estimate of drug-likeness (QED) is 0.399. The predicted octanol–water partition coefficient (Wildman–Crippen LogP) is 1.74. The summed E-state index contributed by atoms with van der Waals surface area (Å²) in [7, 11) is 0. The summed E-state index contributed by atoms with van der Waals surface area (Å²) >= 11 is 0. The summed E-state index contributed by atoms with van der Waals surface area (Å²) in [5.41, 5.74) is 0.265. The number of hydrogen-bond donors (Lipinski definition) is 1. The van der Waals surface area contributed by atoms with Crippen LogP contribution >= 0.6 is 0 Å². The molecule has 1 fully saturated rings. The number of hydrogen-bond acceptors (Lipinski definition) is 6. The average Bonchev–Trinajstić information content (AvgIpc) is 3.11. The van der Waals surface area contributed by atoms with Gasteiger partial charge < -0.3 is 4.42 Å². The van der Waals surface area contributed by atoms with Crippen molar-refractivity contribution in [2.75, 3.05) is 6.54 Å². The zero-order valence-electron chi connectivity index (χ0n) is 11.6. The van der Waals surface area contributed by atoms with E-state index in [1.54, 1.807) is 30.3 Å². The molecule has 1 aromatic heterocycles. The van der Waals surface area contributed by atoms with Gasteiger partial charge in [0.2, 0.25) is 5.91 Å². The number of para-hydroxylation sites is 1. The number of furan rings is 1. The van der Waals surface area contributed by atoms with Gasteiger partial charge in [-0.15, -0.1) is 0 Å². The number of hydrazone groups is 1. The number of amides is 3. The lowest BCUT2D eigenvalue weighted by Crippen LogP contribution is -2.24. The fourth-order valence-electron chi connectivity index (χ4n) is 2.06. The van der Waals surface area contributed by atoms with Crippen LogP contribution in [0.1, 0.15) is 5.76 Å². The van der Waals surface area contributed by atoms with Crippen LogP contribution in [0.2, 0.25) is 0 Å². The van der Waals surface area contributed by atoms with Crippen molar-refractivity contribution in [1.82, 2.24) is 10.3 Å². The molecule has 0 radical (unpaired) electrons. The summed E-state index contributed by atoms with van der Waals surface area (Å²) < 4.78 is 5.49. The normalized spacial score (nSPS) is 14.5. The summed E-state index contributed by atoms with van der Waals surface area (Å²) in [6, 6.07) is 8.70. The minimum atomic E-state index is -0.614. The standard InChI is InChI=1S/C14H10N4O5/c19-13-8-17(14(20)16-13)15-7-9-5-6-12(23-9)10-3-1-2-4-11(10)18(21)22/h1-7H,8H2,(H,16,19,20)/b15-7+. The molecule has 0 aliphatic carbocycles. The summed E-state index contributed by atoms with van der Waals surface area (Å²) in [5.74, 6) is 0.165. The first-order valence-corrected chi connectivity index (χ1v) is 6.53. The van der Waals surface area contributed by atoms with Crippen LogP contribution in [0.5, 0.6) is 0 Å². The topological polar surface area (TPSA) is 118 Å². The molecule has 1 saturated heterocycles. The molecule has 1 aromatic carbocycles. The van der Waals surface area contributed by atoms with Crippen molar-refractivity contribution >= 4 is 23.8 Å². The highest BCUT2D eigenvalue weighted by Gasteiger charge is 2.26. The Morgan fingerprint density at radius 3 is 2.74 bits per heavy atom. The van der Waals surface area contributed by atoms with Crippen molar-refractivity contribution in [3.05, 3.63) is 52.3 Å². The molecule has 9 nitrogen and oxygen atoms in total. The third kappa shape index (κ3) is 2.93. The van der Waals surface area contributed by atoms with Gasteiger partial charge >= 0.3 is 6.03 Å². The Hall–Kier alpha value is -3.49. The molecule has 1 aliphatic rings. The van der Waals surface area contributed by atoms with Gasteiger partial charge in [-0.05, 0) is 18.2 Å². The fourth-order valence-corrected chi connectivity index (χ4v) is 2.06. The van der Waals surface area contributed by atoms with Crippen LogP contribution in [-0.2, 0) is 4.79 Å². The maximum atomic E-state index is 11.3. The lowest BCUT2D eigenvalue weighted by atomic mass is 10.1. The Kier molecular flexibility index (Phi) is 3.59. The van der Waals surface area contributed by atoms with E-state index in [9.17, 15) is 19.7 Å². The van der Waals surface area contributed by atoms with Crippen LogP contribution < -0.4 is 5.32 Å². The SMILES string of the molecule is O=C1CN(/N=C/c2ccc(-c3ccccc3[N+](=O)[O-])o2)C(=O)N1. The zero-order valence-corrected chi connectivity index (χ0v) is 11.6. The Morgan fingerprint density at radius 2 is 2.04 bits per heavy atom. The minimum Gasteiger partial charge on any atom is -0.455 e. The third-order valence-corrected chi connectivity index (χ3v) is 3.09. The predicted molar refractivity (Wildman–Crippen MR) is 78.6 cm³/mol. The second kappa shape index (κ2) is 5.72. The highest BCUT2D eigenvalue weighted by molar-refractivity contribution is 6.02. The Balaban J connectivity index is 1.83. The van der Waals surface area contributed by atoms with Gasteiger partial charge in [-0.25, -0.2) is 9.80 Å². The number of urea groups is 1. The molecule has 116 valence electrons. The van der Waals surface area contributed by atoms with Crippen molar-refractivity contribution in [2.45, 2.75) is 0 Å². The lowest BCUT2D eigenvalue weighted by Gasteiger charge is -2.03. The summed E-state index contributed by atoms with van der Waals surface area (Å²) in [6.45, 7) is -0.160. The number of imide groups is 1. The van der Waals surface area contributed by atoms with E-state index >= 15 is 0 Å². The number of nitrogens with zero attached hydrogens (tertiary/aromatic N) is 3. The molecule has 3 rings (SSSR count). The molecule has 2 heterocycles. The van der Waals surface area contributed by atoms with Gasteiger partial charge in [-0.2, -0.15) is 5.10 Å². The molecule has 23 heavy (non-hydrogen) atoms. The Bertz CT molecular complexity index is 826. The molecule has 0 spiro atoms. The molecule has 3 amide bonds. The monoisotopic (exact) mass is 314 g/mol. The number of nitro groups is 1. The molecule has 9 heteroatoms. The number of carbonyl (C=O) groups excluding carboxylic acids is 2. The molecule has 1 N–H and O–H groups in total. The smallest absolute Gasteiger partial charge is 0.344 e. The molecule has 0 unspecified atom stereocenters. The highest BCUT2D eigenvalue weighted by Crippen LogP contribution is 2.30. The number of nitro benzene ring substituents is 1. The lowest BCUT2D eigenvalue weighted by molar-refractivity contribution is -0.384. The van der Waals surface area contributed by atoms with Gasteiger partial charge in [-0.1, -0.05) is 12.1 Å². The Morgan fingerprint density at radius 1 is 1.26 bits per heavy atom. The molecular weight excluding hydrogens is 304 g/mol. The molecule has 0 bridgehead atoms. The second-order valence-corrected chi connectivity index (χ2v) is 4.63. The maximum Gasteiger partial charge on any atom is 0.344 e. The van der Waals surface area contributed by atoms with Gasteiger partial charge in [0, 0.05) is 6.07 Å². The molecule has 2 aromatic rings. The maximum absolute atomic E-state index is 11.3. The van der Waals surface area contributed by atoms with E-state index in [0.29, 0.717) is 17.1 Å². The van der Waals surface area contributed by atoms with Crippen molar-refractivity contribution in [3.63, 3.8) is 0 Å². The van der Waals surface area contributed by atoms with Gasteiger partial charge in [0.25, 0.3) is 5.69 Å². The van der Waals surface area contributed by atoms with E-state index in [2.05, 4.69) is 10.4 Å². The van der Waals surface area contributed by atoms with Crippen molar-refractivity contribution < 1.29 is 18.9 Å². The Labute approximate surface area is 129 Å². The van der Waals surface area contributed by atoms with Gasteiger partial charge in [0.1, 0.15) is 18.1 Å². The van der Waals surface area contributed by atoms with E-state index in [1.807, 2.05) is 0 Å². The minimum absolute atomic E-state index is 0.0742. The molecular formula is C14H10N4O5. The number of nitrogens with one attached hydrogen (secondary N) is 1. The van der Waals surface area contributed by atoms with Crippen LogP contribution in [0.3, 0.4) is 0 Å². The average molecular weight is 314 g/mol. The number of benzene rings is 1. The van der Waals surface area contributed by atoms with Crippen LogP contribution in [0, 0.1) is 10.1 Å². The molecule has 0 atom stereocenters. The van der Waals surface area contributed by atoms with E-state index in [4.69, 9.17) is 4.42 Å². The second-order valence-electron chi connectivity index (χ2n) is 4.63.